The molecule has 1 nitrogen and oxygen atoms in total. The molecule has 7 heteroatoms. The first kappa shape index (κ1) is 13.6. The summed E-state index contributed by atoms with van der Waals surface area (Å²) in [5.41, 5.74) is -4.26. The fourth-order valence-electron chi connectivity index (χ4n) is 0.929. The fourth-order valence-corrected chi connectivity index (χ4v) is 1.77. The van der Waals surface area contributed by atoms with Crippen molar-refractivity contribution >= 4 is 27.7 Å². The molecule has 0 amide bonds. The van der Waals surface area contributed by atoms with E-state index in [1.165, 1.54) is 12.1 Å². The van der Waals surface area contributed by atoms with Crippen LogP contribution in [0.1, 0.15) is 0 Å². The zero-order chi connectivity index (χ0) is 12.2. The van der Waals surface area contributed by atoms with E-state index in [0.717, 1.165) is 6.07 Å². The Bertz CT molecular complexity index is 336. The van der Waals surface area contributed by atoms with Gasteiger partial charge in [0.25, 0.3) is 0 Å². The quantitative estimate of drug-likeness (QED) is 0.607. The van der Waals surface area contributed by atoms with Crippen molar-refractivity contribution in [3.8, 4) is 5.75 Å². The fraction of sp³-hybridized carbons (Fsp3) is 0.333. The molecule has 0 aliphatic carbocycles. The molecule has 1 rings (SSSR count). The monoisotopic (exact) mass is 318 g/mol. The van der Waals surface area contributed by atoms with Gasteiger partial charge in [0.2, 0.25) is 0 Å². The summed E-state index contributed by atoms with van der Waals surface area (Å²) >= 11 is 2.88. The maximum absolute atomic E-state index is 12.8. The van der Waals surface area contributed by atoms with E-state index in [0.29, 0.717) is 4.47 Å². The highest BCUT2D eigenvalue weighted by molar-refractivity contribution is 9.10. The van der Waals surface area contributed by atoms with Crippen LogP contribution >= 0.6 is 27.7 Å². The van der Waals surface area contributed by atoms with Crippen LogP contribution in [0.25, 0.3) is 0 Å². The van der Waals surface area contributed by atoms with Crippen LogP contribution in [0.3, 0.4) is 0 Å². The first-order valence-electron chi connectivity index (χ1n) is 4.16. The standard InChI is InChI=1S/C9H7BrF4OS/c10-6-3-7(11)5-8(4-6)15-1-2-16-9(12,13)14/h3-5H,1-2H2. The van der Waals surface area contributed by atoms with Crippen molar-refractivity contribution in [3.05, 3.63) is 28.5 Å². The lowest BCUT2D eigenvalue weighted by atomic mass is 10.3. The van der Waals surface area contributed by atoms with Gasteiger partial charge in [0, 0.05) is 16.3 Å². The van der Waals surface area contributed by atoms with Gasteiger partial charge in [-0.2, -0.15) is 13.2 Å². The number of ether oxygens (including phenoxy) is 1. The van der Waals surface area contributed by atoms with E-state index >= 15 is 0 Å². The van der Waals surface area contributed by atoms with Crippen LogP contribution in [0, 0.1) is 5.82 Å². The summed E-state index contributed by atoms with van der Waals surface area (Å²) in [6, 6.07) is 3.83. The molecule has 0 aliphatic rings. The molecule has 1 aromatic rings. The topological polar surface area (TPSA) is 9.23 Å². The summed E-state index contributed by atoms with van der Waals surface area (Å²) in [4.78, 5) is 0. The minimum atomic E-state index is -4.26. The second-order valence-corrected chi connectivity index (χ2v) is 4.82. The summed E-state index contributed by atoms with van der Waals surface area (Å²) in [5, 5.41) is 0. The Balaban J connectivity index is 2.37. The molecule has 0 aliphatic heterocycles. The molecule has 0 bridgehead atoms. The van der Waals surface area contributed by atoms with Crippen molar-refractivity contribution in [1.29, 1.82) is 0 Å². The third kappa shape index (κ3) is 5.60. The first-order valence-corrected chi connectivity index (χ1v) is 5.94. The van der Waals surface area contributed by atoms with E-state index < -0.39 is 11.3 Å². The van der Waals surface area contributed by atoms with Gasteiger partial charge in [-0.1, -0.05) is 15.9 Å². The van der Waals surface area contributed by atoms with Crippen LogP contribution in [0.5, 0.6) is 5.75 Å². The Morgan fingerprint density at radius 3 is 2.50 bits per heavy atom. The number of halogens is 5. The largest absolute Gasteiger partial charge is 0.493 e. The Hall–Kier alpha value is -0.430. The third-order valence-electron chi connectivity index (χ3n) is 1.45. The molecular formula is C9H7BrF4OS. The van der Waals surface area contributed by atoms with E-state index in [1.54, 1.807) is 0 Å². The second kappa shape index (κ2) is 5.77. The van der Waals surface area contributed by atoms with Crippen molar-refractivity contribution in [1.82, 2.24) is 0 Å². The zero-order valence-corrected chi connectivity index (χ0v) is 10.3. The van der Waals surface area contributed by atoms with Gasteiger partial charge in [-0.15, -0.1) is 0 Å². The van der Waals surface area contributed by atoms with Gasteiger partial charge in [0.1, 0.15) is 11.6 Å². The summed E-state index contributed by atoms with van der Waals surface area (Å²) < 4.78 is 53.5. The first-order chi connectivity index (χ1) is 7.37. The van der Waals surface area contributed by atoms with Crippen LogP contribution in [0.4, 0.5) is 17.6 Å². The second-order valence-electron chi connectivity index (χ2n) is 2.75. The van der Waals surface area contributed by atoms with Crippen LogP contribution in [-0.2, 0) is 0 Å². The van der Waals surface area contributed by atoms with Crippen molar-refractivity contribution in [3.63, 3.8) is 0 Å². The van der Waals surface area contributed by atoms with E-state index in [-0.39, 0.29) is 29.9 Å². The molecule has 0 saturated carbocycles. The van der Waals surface area contributed by atoms with Gasteiger partial charge in [-0.05, 0) is 23.9 Å². The smallest absolute Gasteiger partial charge is 0.441 e. The van der Waals surface area contributed by atoms with Crippen LogP contribution in [0.2, 0.25) is 0 Å². The Kier molecular flexibility index (Phi) is 4.91. The Morgan fingerprint density at radius 1 is 1.25 bits per heavy atom. The summed E-state index contributed by atoms with van der Waals surface area (Å²) in [6.07, 6.45) is 0. The molecule has 90 valence electrons. The highest BCUT2D eigenvalue weighted by atomic mass is 79.9. The van der Waals surface area contributed by atoms with E-state index in [2.05, 4.69) is 15.9 Å². The predicted octanol–water partition coefficient (Wildman–Crippen LogP) is 4.22. The summed E-state index contributed by atoms with van der Waals surface area (Å²) in [5.74, 6) is -0.528. The summed E-state index contributed by atoms with van der Waals surface area (Å²) in [6.45, 7) is -0.125. The van der Waals surface area contributed by atoms with Crippen molar-refractivity contribution < 1.29 is 22.3 Å². The van der Waals surface area contributed by atoms with Gasteiger partial charge in [0.15, 0.2) is 0 Å². The van der Waals surface area contributed by atoms with Crippen molar-refractivity contribution in [2.45, 2.75) is 5.51 Å². The number of alkyl halides is 3. The molecule has 0 saturated heterocycles. The van der Waals surface area contributed by atoms with Crippen LogP contribution in [0.15, 0.2) is 22.7 Å². The lowest BCUT2D eigenvalue weighted by molar-refractivity contribution is -0.0329. The molecule has 0 aromatic heterocycles. The number of hydrogen-bond donors (Lipinski definition) is 0. The molecule has 0 N–H and O–H groups in total. The summed E-state index contributed by atoms with van der Waals surface area (Å²) in [7, 11) is 0. The van der Waals surface area contributed by atoms with Gasteiger partial charge in [-0.3, -0.25) is 0 Å². The Morgan fingerprint density at radius 2 is 1.94 bits per heavy atom. The lowest BCUT2D eigenvalue weighted by Crippen LogP contribution is -2.07. The van der Waals surface area contributed by atoms with E-state index in [4.69, 9.17) is 4.74 Å². The maximum Gasteiger partial charge on any atom is 0.441 e. The predicted molar refractivity (Wildman–Crippen MR) is 58.1 cm³/mol. The van der Waals surface area contributed by atoms with Gasteiger partial charge in [0.05, 0.1) is 6.61 Å². The highest BCUT2D eigenvalue weighted by Crippen LogP contribution is 2.30. The van der Waals surface area contributed by atoms with E-state index in [1.807, 2.05) is 0 Å². The highest BCUT2D eigenvalue weighted by Gasteiger charge is 2.27. The molecule has 0 atom stereocenters. The molecule has 1 aromatic carbocycles. The molecular weight excluding hydrogens is 312 g/mol. The van der Waals surface area contributed by atoms with E-state index in [9.17, 15) is 17.6 Å². The van der Waals surface area contributed by atoms with Gasteiger partial charge in [-0.25, -0.2) is 4.39 Å². The number of thioether (sulfide) groups is 1. The lowest BCUT2D eigenvalue weighted by Gasteiger charge is -2.08. The molecule has 0 heterocycles. The molecule has 0 radical (unpaired) electrons. The normalized spacial score (nSPS) is 11.6. The number of benzene rings is 1. The Labute approximate surface area is 102 Å². The van der Waals surface area contributed by atoms with Crippen molar-refractivity contribution in [2.24, 2.45) is 0 Å². The number of hydrogen-bond acceptors (Lipinski definition) is 2. The van der Waals surface area contributed by atoms with Gasteiger partial charge < -0.3 is 4.74 Å². The van der Waals surface area contributed by atoms with Crippen LogP contribution < -0.4 is 4.74 Å². The minimum absolute atomic E-state index is 0.125. The molecule has 0 unspecified atom stereocenters. The number of rotatable bonds is 4. The van der Waals surface area contributed by atoms with Crippen LogP contribution in [-0.4, -0.2) is 17.9 Å². The molecule has 16 heavy (non-hydrogen) atoms. The maximum atomic E-state index is 12.8. The average molecular weight is 319 g/mol. The molecule has 0 spiro atoms. The SMILES string of the molecule is Fc1cc(Br)cc(OCCSC(F)(F)F)c1. The average Bonchev–Trinajstić information content (AvgIpc) is 2.09. The van der Waals surface area contributed by atoms with Crippen molar-refractivity contribution in [2.75, 3.05) is 12.4 Å². The zero-order valence-electron chi connectivity index (χ0n) is 7.85. The third-order valence-corrected chi connectivity index (χ3v) is 2.61. The van der Waals surface area contributed by atoms with Gasteiger partial charge >= 0.3 is 5.51 Å². The minimum Gasteiger partial charge on any atom is -0.493 e. The molecule has 0 fully saturated rings.